The molecule has 2 saturated heterocycles. The molecule has 2 N–H and O–H groups in total. The van der Waals surface area contributed by atoms with Gasteiger partial charge in [0.15, 0.2) is 0 Å². The van der Waals surface area contributed by atoms with E-state index in [0.29, 0.717) is 11.9 Å². The highest BCUT2D eigenvalue weighted by Gasteiger charge is 2.26. The Hall–Kier alpha value is -1.55. The number of likely N-dealkylation sites (tertiary alicyclic amines) is 1. The lowest BCUT2D eigenvalue weighted by molar-refractivity contribution is -0.130. The maximum absolute atomic E-state index is 12.4. The number of benzene rings is 1. The highest BCUT2D eigenvalue weighted by molar-refractivity contribution is 5.76. The fourth-order valence-corrected chi connectivity index (χ4v) is 3.53. The van der Waals surface area contributed by atoms with Crippen LogP contribution in [0.4, 0.5) is 5.69 Å². The van der Waals surface area contributed by atoms with Crippen molar-refractivity contribution >= 4 is 11.6 Å². The molecule has 0 aliphatic carbocycles. The van der Waals surface area contributed by atoms with E-state index in [-0.39, 0.29) is 0 Å². The van der Waals surface area contributed by atoms with Crippen molar-refractivity contribution in [2.24, 2.45) is 5.92 Å². The van der Waals surface area contributed by atoms with Crippen molar-refractivity contribution in [3.8, 4) is 0 Å². The van der Waals surface area contributed by atoms with Crippen molar-refractivity contribution in [1.29, 1.82) is 0 Å². The Bertz CT molecular complexity index is 470. The van der Waals surface area contributed by atoms with E-state index >= 15 is 0 Å². The number of para-hydroxylation sites is 1. The fraction of sp³-hybridized carbons (Fsp3) is 0.611. The van der Waals surface area contributed by atoms with E-state index in [4.69, 9.17) is 0 Å². The molecule has 1 atom stereocenters. The quantitative estimate of drug-likeness (QED) is 0.878. The molecule has 4 nitrogen and oxygen atoms in total. The van der Waals surface area contributed by atoms with Crippen LogP contribution in [0.25, 0.3) is 0 Å². The third-order valence-electron chi connectivity index (χ3n) is 4.91. The van der Waals surface area contributed by atoms with Crippen LogP contribution in [0.3, 0.4) is 0 Å². The molecular weight excluding hydrogens is 274 g/mol. The number of rotatable bonds is 5. The van der Waals surface area contributed by atoms with Crippen molar-refractivity contribution in [3.63, 3.8) is 0 Å². The number of nitrogens with zero attached hydrogens (tertiary/aromatic N) is 1. The SMILES string of the molecule is O=C(CCC1CCNCC1)N1CCC(Nc2ccccc2)C1. The van der Waals surface area contributed by atoms with E-state index < -0.39 is 0 Å². The van der Waals surface area contributed by atoms with Gasteiger partial charge in [0.05, 0.1) is 0 Å². The summed E-state index contributed by atoms with van der Waals surface area (Å²) in [4.78, 5) is 14.4. The Kier molecular flexibility index (Phi) is 5.33. The topological polar surface area (TPSA) is 44.4 Å². The summed E-state index contributed by atoms with van der Waals surface area (Å²) in [5.41, 5.74) is 1.15. The third-order valence-corrected chi connectivity index (χ3v) is 4.91. The first kappa shape index (κ1) is 15.3. The summed E-state index contributed by atoms with van der Waals surface area (Å²) in [6.07, 6.45) is 5.29. The summed E-state index contributed by atoms with van der Waals surface area (Å²) < 4.78 is 0. The molecule has 1 aromatic rings. The minimum absolute atomic E-state index is 0.343. The van der Waals surface area contributed by atoms with Crippen LogP contribution in [0.15, 0.2) is 30.3 Å². The van der Waals surface area contributed by atoms with E-state index in [0.717, 1.165) is 57.0 Å². The number of hydrogen-bond donors (Lipinski definition) is 2. The number of carbonyl (C=O) groups excluding carboxylic acids is 1. The average molecular weight is 301 g/mol. The Balaban J connectivity index is 1.40. The summed E-state index contributed by atoms with van der Waals surface area (Å²) in [5, 5.41) is 6.91. The largest absolute Gasteiger partial charge is 0.380 e. The van der Waals surface area contributed by atoms with Crippen molar-refractivity contribution in [2.45, 2.75) is 38.1 Å². The number of amides is 1. The van der Waals surface area contributed by atoms with Crippen LogP contribution >= 0.6 is 0 Å². The zero-order chi connectivity index (χ0) is 15.2. The first-order chi connectivity index (χ1) is 10.8. The van der Waals surface area contributed by atoms with Gasteiger partial charge in [-0.2, -0.15) is 0 Å². The first-order valence-corrected chi connectivity index (χ1v) is 8.61. The van der Waals surface area contributed by atoms with E-state index in [9.17, 15) is 4.79 Å². The molecule has 0 bridgehead atoms. The molecule has 2 aliphatic heterocycles. The normalized spacial score (nSPS) is 22.7. The van der Waals surface area contributed by atoms with E-state index in [2.05, 4.69) is 22.8 Å². The lowest BCUT2D eigenvalue weighted by Crippen LogP contribution is -2.32. The summed E-state index contributed by atoms with van der Waals surface area (Å²) in [7, 11) is 0. The Morgan fingerprint density at radius 2 is 1.95 bits per heavy atom. The molecule has 4 heteroatoms. The zero-order valence-corrected chi connectivity index (χ0v) is 13.3. The van der Waals surface area contributed by atoms with Gasteiger partial charge in [-0.25, -0.2) is 0 Å². The number of nitrogens with one attached hydrogen (secondary N) is 2. The van der Waals surface area contributed by atoms with Gasteiger partial charge < -0.3 is 15.5 Å². The molecule has 2 fully saturated rings. The molecule has 22 heavy (non-hydrogen) atoms. The van der Waals surface area contributed by atoms with Gasteiger partial charge in [0.1, 0.15) is 0 Å². The fourth-order valence-electron chi connectivity index (χ4n) is 3.53. The standard InChI is InChI=1S/C18H27N3O/c22-18(7-6-15-8-11-19-12-9-15)21-13-10-17(14-21)20-16-4-2-1-3-5-16/h1-5,15,17,19-20H,6-14H2. The highest BCUT2D eigenvalue weighted by atomic mass is 16.2. The van der Waals surface area contributed by atoms with Crippen LogP contribution < -0.4 is 10.6 Å². The van der Waals surface area contributed by atoms with Crippen molar-refractivity contribution in [1.82, 2.24) is 10.2 Å². The molecule has 1 amide bonds. The van der Waals surface area contributed by atoms with Crippen LogP contribution in [0.2, 0.25) is 0 Å². The van der Waals surface area contributed by atoms with E-state index in [1.807, 2.05) is 23.1 Å². The molecule has 3 rings (SSSR count). The Labute approximate surface area is 133 Å². The van der Waals surface area contributed by atoms with Gasteiger partial charge in [-0.3, -0.25) is 4.79 Å². The molecule has 2 heterocycles. The minimum atomic E-state index is 0.343. The van der Waals surface area contributed by atoms with Gasteiger partial charge in [0, 0.05) is 31.2 Å². The number of carbonyl (C=O) groups is 1. The molecule has 2 aliphatic rings. The van der Waals surface area contributed by atoms with Gasteiger partial charge in [0.25, 0.3) is 0 Å². The molecule has 0 radical (unpaired) electrons. The minimum Gasteiger partial charge on any atom is -0.380 e. The van der Waals surface area contributed by atoms with E-state index in [1.165, 1.54) is 12.8 Å². The summed E-state index contributed by atoms with van der Waals surface area (Å²) in [6, 6.07) is 10.7. The molecular formula is C18H27N3O. The van der Waals surface area contributed by atoms with Crippen LogP contribution in [0.5, 0.6) is 0 Å². The first-order valence-electron chi connectivity index (χ1n) is 8.61. The van der Waals surface area contributed by atoms with Crippen LogP contribution in [-0.2, 0) is 4.79 Å². The molecule has 120 valence electrons. The lowest BCUT2D eigenvalue weighted by Gasteiger charge is -2.23. The van der Waals surface area contributed by atoms with Crippen LogP contribution in [0.1, 0.15) is 32.1 Å². The number of anilines is 1. The molecule has 1 aromatic carbocycles. The van der Waals surface area contributed by atoms with Gasteiger partial charge in [-0.1, -0.05) is 18.2 Å². The van der Waals surface area contributed by atoms with Crippen molar-refractivity contribution in [3.05, 3.63) is 30.3 Å². The second-order valence-corrected chi connectivity index (χ2v) is 6.57. The smallest absolute Gasteiger partial charge is 0.222 e. The van der Waals surface area contributed by atoms with Crippen molar-refractivity contribution < 1.29 is 4.79 Å². The lowest BCUT2D eigenvalue weighted by atomic mass is 9.93. The maximum atomic E-state index is 12.4. The van der Waals surface area contributed by atoms with Gasteiger partial charge in [-0.05, 0) is 56.8 Å². The number of hydrogen-bond acceptors (Lipinski definition) is 3. The van der Waals surface area contributed by atoms with Crippen LogP contribution in [0, 0.1) is 5.92 Å². The van der Waals surface area contributed by atoms with E-state index in [1.54, 1.807) is 0 Å². The molecule has 0 aromatic heterocycles. The van der Waals surface area contributed by atoms with Gasteiger partial charge in [-0.15, -0.1) is 0 Å². The highest BCUT2D eigenvalue weighted by Crippen LogP contribution is 2.21. The average Bonchev–Trinajstić information content (AvgIpc) is 3.03. The molecule has 0 spiro atoms. The summed E-state index contributed by atoms with van der Waals surface area (Å²) in [5.74, 6) is 1.09. The zero-order valence-electron chi connectivity index (χ0n) is 13.3. The predicted molar refractivity (Wildman–Crippen MR) is 89.9 cm³/mol. The third kappa shape index (κ3) is 4.23. The second kappa shape index (κ2) is 7.63. The second-order valence-electron chi connectivity index (χ2n) is 6.57. The van der Waals surface area contributed by atoms with Crippen LogP contribution in [-0.4, -0.2) is 43.0 Å². The van der Waals surface area contributed by atoms with Gasteiger partial charge in [0.2, 0.25) is 5.91 Å². The predicted octanol–water partition coefficient (Wildman–Crippen LogP) is 2.48. The Morgan fingerprint density at radius 3 is 2.73 bits per heavy atom. The molecule has 0 saturated carbocycles. The van der Waals surface area contributed by atoms with Gasteiger partial charge >= 0.3 is 0 Å². The van der Waals surface area contributed by atoms with Crippen molar-refractivity contribution in [2.75, 3.05) is 31.5 Å². The molecule has 1 unspecified atom stereocenters. The monoisotopic (exact) mass is 301 g/mol. The number of piperidine rings is 1. The summed E-state index contributed by atoms with van der Waals surface area (Å²) in [6.45, 7) is 3.98. The Morgan fingerprint density at radius 1 is 1.18 bits per heavy atom. The maximum Gasteiger partial charge on any atom is 0.222 e. The summed E-state index contributed by atoms with van der Waals surface area (Å²) >= 11 is 0.